The van der Waals surface area contributed by atoms with E-state index >= 15 is 0 Å². The summed E-state index contributed by atoms with van der Waals surface area (Å²) in [6.07, 6.45) is -6.49. The number of hydrogen-bond donors (Lipinski definition) is 2. The summed E-state index contributed by atoms with van der Waals surface area (Å²) >= 11 is 0. The van der Waals surface area contributed by atoms with Gasteiger partial charge in [0.25, 0.3) is 0 Å². The maximum absolute atomic E-state index is 12.8. The van der Waals surface area contributed by atoms with Crippen molar-refractivity contribution in [3.05, 3.63) is 24.0 Å². The van der Waals surface area contributed by atoms with Crippen LogP contribution in [-0.4, -0.2) is 17.6 Å². The number of rotatable bonds is 2. The van der Waals surface area contributed by atoms with E-state index in [4.69, 9.17) is 5.11 Å². The number of hydrogen-bond acceptors (Lipinski definition) is 2. The third-order valence-electron chi connectivity index (χ3n) is 1.36. The molecule has 0 saturated carbocycles. The van der Waals surface area contributed by atoms with E-state index in [1.54, 1.807) is 5.32 Å². The van der Waals surface area contributed by atoms with E-state index in [2.05, 4.69) is 4.74 Å². The molecule has 0 radical (unpaired) electrons. The second-order valence-electron chi connectivity index (χ2n) is 2.65. The van der Waals surface area contributed by atoms with E-state index in [0.29, 0.717) is 12.1 Å². The monoisotopic (exact) mass is 239 g/mol. The summed E-state index contributed by atoms with van der Waals surface area (Å²) in [5, 5.41) is 9.99. The predicted molar refractivity (Wildman–Crippen MR) is 44.7 cm³/mol. The highest BCUT2D eigenvalue weighted by Gasteiger charge is 2.31. The maximum Gasteiger partial charge on any atom is 0.573 e. The number of carboxylic acid groups (broad SMARTS) is 1. The maximum atomic E-state index is 12.8. The van der Waals surface area contributed by atoms with Crippen molar-refractivity contribution >= 4 is 11.8 Å². The standard InChI is InChI=1S/C8H5F4NO3/c9-4-1-5(13-7(14)15)3-6(2-4)16-8(10,11)12/h1-3,13H,(H,14,15). The number of nitrogens with one attached hydrogen (secondary N) is 1. The smallest absolute Gasteiger partial charge is 0.465 e. The average Bonchev–Trinajstić information content (AvgIpc) is 1.96. The van der Waals surface area contributed by atoms with Crippen LogP contribution in [0.4, 0.5) is 28.0 Å². The number of ether oxygens (including phenoxy) is 1. The van der Waals surface area contributed by atoms with Gasteiger partial charge in [-0.15, -0.1) is 13.2 Å². The summed E-state index contributed by atoms with van der Waals surface area (Å²) in [6, 6.07) is 1.92. The van der Waals surface area contributed by atoms with Crippen molar-refractivity contribution in [2.45, 2.75) is 6.36 Å². The minimum absolute atomic E-state index is 0.355. The Morgan fingerprint density at radius 3 is 2.44 bits per heavy atom. The van der Waals surface area contributed by atoms with Crippen LogP contribution in [-0.2, 0) is 0 Å². The van der Waals surface area contributed by atoms with Crippen LogP contribution in [0.3, 0.4) is 0 Å². The van der Waals surface area contributed by atoms with Crippen molar-refractivity contribution in [1.82, 2.24) is 0 Å². The molecule has 0 spiro atoms. The molecule has 0 aromatic heterocycles. The van der Waals surface area contributed by atoms with Crippen LogP contribution < -0.4 is 10.1 Å². The van der Waals surface area contributed by atoms with Crippen LogP contribution in [0.2, 0.25) is 0 Å². The molecular weight excluding hydrogens is 234 g/mol. The van der Waals surface area contributed by atoms with E-state index in [9.17, 15) is 22.4 Å². The van der Waals surface area contributed by atoms with Gasteiger partial charge in [-0.1, -0.05) is 0 Å². The minimum atomic E-state index is -4.96. The Bertz CT molecular complexity index is 405. The highest BCUT2D eigenvalue weighted by atomic mass is 19.4. The zero-order valence-electron chi connectivity index (χ0n) is 7.51. The largest absolute Gasteiger partial charge is 0.573 e. The van der Waals surface area contributed by atoms with Crippen LogP contribution in [0.1, 0.15) is 0 Å². The number of amides is 1. The van der Waals surface area contributed by atoms with E-state index < -0.39 is 24.0 Å². The number of anilines is 1. The zero-order chi connectivity index (χ0) is 12.3. The average molecular weight is 239 g/mol. The summed E-state index contributed by atoms with van der Waals surface area (Å²) in [4.78, 5) is 10.2. The molecule has 1 aromatic carbocycles. The molecule has 0 bridgehead atoms. The van der Waals surface area contributed by atoms with Crippen molar-refractivity contribution in [1.29, 1.82) is 0 Å². The molecule has 0 atom stereocenters. The number of alkyl halides is 3. The van der Waals surface area contributed by atoms with Gasteiger partial charge in [-0.05, 0) is 6.07 Å². The predicted octanol–water partition coefficient (Wildman–Crippen LogP) is 2.81. The molecule has 16 heavy (non-hydrogen) atoms. The van der Waals surface area contributed by atoms with E-state index in [-0.39, 0.29) is 5.69 Å². The third kappa shape index (κ3) is 4.03. The van der Waals surface area contributed by atoms with Gasteiger partial charge in [0.05, 0.1) is 5.69 Å². The van der Waals surface area contributed by atoms with Crippen molar-refractivity contribution in [3.8, 4) is 5.75 Å². The fourth-order valence-electron chi connectivity index (χ4n) is 0.951. The first kappa shape index (κ1) is 12.1. The van der Waals surface area contributed by atoms with Gasteiger partial charge in [-0.3, -0.25) is 5.32 Å². The summed E-state index contributed by atoms with van der Waals surface area (Å²) in [6.45, 7) is 0. The molecule has 0 aliphatic carbocycles. The SMILES string of the molecule is O=C(O)Nc1cc(F)cc(OC(F)(F)F)c1. The molecular formula is C8H5F4NO3. The van der Waals surface area contributed by atoms with Crippen LogP contribution in [0.5, 0.6) is 5.75 Å². The van der Waals surface area contributed by atoms with Crippen molar-refractivity contribution in [2.24, 2.45) is 0 Å². The lowest BCUT2D eigenvalue weighted by molar-refractivity contribution is -0.274. The molecule has 4 nitrogen and oxygen atoms in total. The Labute approximate surface area is 86.4 Å². The van der Waals surface area contributed by atoms with Crippen LogP contribution in [0.15, 0.2) is 18.2 Å². The van der Waals surface area contributed by atoms with E-state index in [0.717, 1.165) is 6.07 Å². The zero-order valence-corrected chi connectivity index (χ0v) is 7.51. The molecule has 8 heteroatoms. The van der Waals surface area contributed by atoms with E-state index in [1.165, 1.54) is 0 Å². The van der Waals surface area contributed by atoms with Gasteiger partial charge < -0.3 is 9.84 Å². The second kappa shape index (κ2) is 4.25. The first-order valence-corrected chi connectivity index (χ1v) is 3.82. The number of carbonyl (C=O) groups is 1. The summed E-state index contributed by atoms with van der Waals surface area (Å²) in [5.41, 5.74) is -0.355. The Hall–Kier alpha value is -1.99. The number of halogens is 4. The Balaban J connectivity index is 2.94. The summed E-state index contributed by atoms with van der Waals surface area (Å²) in [7, 11) is 0. The highest BCUT2D eigenvalue weighted by molar-refractivity contribution is 5.83. The fourth-order valence-corrected chi connectivity index (χ4v) is 0.951. The van der Waals surface area contributed by atoms with Gasteiger partial charge in [0.15, 0.2) is 0 Å². The molecule has 0 aliphatic heterocycles. The molecule has 0 heterocycles. The van der Waals surface area contributed by atoms with E-state index in [1.807, 2.05) is 0 Å². The Morgan fingerprint density at radius 1 is 1.31 bits per heavy atom. The van der Waals surface area contributed by atoms with Crippen molar-refractivity contribution < 1.29 is 32.2 Å². The first-order valence-electron chi connectivity index (χ1n) is 3.82. The lowest BCUT2D eigenvalue weighted by Gasteiger charge is -2.10. The summed E-state index contributed by atoms with van der Waals surface area (Å²) < 4.78 is 51.6. The van der Waals surface area contributed by atoms with Crippen molar-refractivity contribution in [3.63, 3.8) is 0 Å². The fraction of sp³-hybridized carbons (Fsp3) is 0.125. The Kier molecular flexibility index (Phi) is 3.21. The lowest BCUT2D eigenvalue weighted by atomic mass is 10.3. The summed E-state index contributed by atoms with van der Waals surface area (Å²) in [5.74, 6) is -1.89. The first-order chi connectivity index (χ1) is 7.26. The van der Waals surface area contributed by atoms with Gasteiger partial charge in [-0.25, -0.2) is 9.18 Å². The topological polar surface area (TPSA) is 58.6 Å². The van der Waals surface area contributed by atoms with Gasteiger partial charge >= 0.3 is 12.5 Å². The minimum Gasteiger partial charge on any atom is -0.465 e. The molecule has 88 valence electrons. The van der Waals surface area contributed by atoms with Crippen molar-refractivity contribution in [2.75, 3.05) is 5.32 Å². The molecule has 1 amide bonds. The van der Waals surface area contributed by atoms with Crippen LogP contribution in [0.25, 0.3) is 0 Å². The van der Waals surface area contributed by atoms with Crippen LogP contribution in [0, 0.1) is 5.82 Å². The molecule has 0 saturated heterocycles. The van der Waals surface area contributed by atoms with Gasteiger partial charge in [0.2, 0.25) is 0 Å². The second-order valence-corrected chi connectivity index (χ2v) is 2.65. The molecule has 1 rings (SSSR count). The molecule has 1 aromatic rings. The lowest BCUT2D eigenvalue weighted by Crippen LogP contribution is -2.17. The third-order valence-corrected chi connectivity index (χ3v) is 1.36. The van der Waals surface area contributed by atoms with Crippen LogP contribution >= 0.6 is 0 Å². The van der Waals surface area contributed by atoms with Gasteiger partial charge in [0.1, 0.15) is 11.6 Å². The molecule has 0 aliphatic rings. The highest BCUT2D eigenvalue weighted by Crippen LogP contribution is 2.26. The van der Waals surface area contributed by atoms with Gasteiger partial charge in [0, 0.05) is 12.1 Å². The number of benzene rings is 1. The normalized spacial score (nSPS) is 11.0. The molecule has 0 unspecified atom stereocenters. The van der Waals surface area contributed by atoms with Gasteiger partial charge in [-0.2, -0.15) is 0 Å². The Morgan fingerprint density at radius 2 is 1.94 bits per heavy atom. The quantitative estimate of drug-likeness (QED) is 0.780. The molecule has 0 fully saturated rings. The molecule has 2 N–H and O–H groups in total.